The standard InChI is InChI=1S/C17H27N3O.2ClH/c1-12-9-16(19-17(21)13(2)14(3)18)11-20(12)10-15-7-5-4-6-8-15;;/h4-8,12-14,16H,9-11,18H2,1-3H3,(H,19,21);2*1H. The van der Waals surface area contributed by atoms with Crippen molar-refractivity contribution in [2.45, 2.75) is 51.9 Å². The zero-order valence-corrected chi connectivity index (χ0v) is 15.7. The van der Waals surface area contributed by atoms with Gasteiger partial charge in [-0.1, -0.05) is 37.3 Å². The molecule has 1 saturated heterocycles. The lowest BCUT2D eigenvalue weighted by atomic mass is 10.0. The molecule has 3 N–H and O–H groups in total. The molecular formula is C17H29Cl2N3O. The van der Waals surface area contributed by atoms with E-state index in [4.69, 9.17) is 5.73 Å². The largest absolute Gasteiger partial charge is 0.352 e. The van der Waals surface area contributed by atoms with Crippen LogP contribution in [0.3, 0.4) is 0 Å². The highest BCUT2D eigenvalue weighted by Gasteiger charge is 2.31. The molecule has 0 radical (unpaired) electrons. The summed E-state index contributed by atoms with van der Waals surface area (Å²) in [6, 6.07) is 11.1. The number of likely N-dealkylation sites (tertiary alicyclic amines) is 1. The van der Waals surface area contributed by atoms with Gasteiger partial charge in [0, 0.05) is 37.1 Å². The van der Waals surface area contributed by atoms with E-state index < -0.39 is 0 Å². The van der Waals surface area contributed by atoms with E-state index in [0.29, 0.717) is 6.04 Å². The Morgan fingerprint density at radius 3 is 2.48 bits per heavy atom. The molecule has 2 rings (SSSR count). The molecule has 1 fully saturated rings. The van der Waals surface area contributed by atoms with Crippen LogP contribution in [0.1, 0.15) is 32.8 Å². The van der Waals surface area contributed by atoms with Crippen molar-refractivity contribution < 1.29 is 4.79 Å². The lowest BCUT2D eigenvalue weighted by Gasteiger charge is -2.21. The van der Waals surface area contributed by atoms with Crippen LogP contribution in [0, 0.1) is 5.92 Å². The molecule has 0 bridgehead atoms. The number of hydrogen-bond donors (Lipinski definition) is 2. The minimum Gasteiger partial charge on any atom is -0.352 e. The van der Waals surface area contributed by atoms with Gasteiger partial charge in [0.1, 0.15) is 0 Å². The highest BCUT2D eigenvalue weighted by molar-refractivity contribution is 5.85. The van der Waals surface area contributed by atoms with E-state index in [1.807, 2.05) is 19.9 Å². The summed E-state index contributed by atoms with van der Waals surface area (Å²) in [7, 11) is 0. The third kappa shape index (κ3) is 6.30. The molecule has 4 nitrogen and oxygen atoms in total. The van der Waals surface area contributed by atoms with Gasteiger partial charge in [0.25, 0.3) is 0 Å². The van der Waals surface area contributed by atoms with Crippen molar-refractivity contribution in [3.63, 3.8) is 0 Å². The lowest BCUT2D eigenvalue weighted by Crippen LogP contribution is -2.44. The van der Waals surface area contributed by atoms with Gasteiger partial charge in [-0.05, 0) is 25.8 Å². The number of carbonyl (C=O) groups excluding carboxylic acids is 1. The molecule has 1 aromatic carbocycles. The Labute approximate surface area is 152 Å². The number of amides is 1. The van der Waals surface area contributed by atoms with Crippen LogP contribution in [0.2, 0.25) is 0 Å². The van der Waals surface area contributed by atoms with Crippen molar-refractivity contribution in [3.05, 3.63) is 35.9 Å². The smallest absolute Gasteiger partial charge is 0.224 e. The second kappa shape index (κ2) is 10.1. The van der Waals surface area contributed by atoms with Gasteiger partial charge in [-0.3, -0.25) is 9.69 Å². The quantitative estimate of drug-likeness (QED) is 0.847. The zero-order chi connectivity index (χ0) is 15.4. The Hall–Kier alpha value is -0.810. The molecule has 132 valence electrons. The molecule has 1 amide bonds. The van der Waals surface area contributed by atoms with E-state index in [-0.39, 0.29) is 48.7 Å². The molecule has 4 unspecified atom stereocenters. The number of halogens is 2. The number of nitrogens with two attached hydrogens (primary N) is 1. The SMILES string of the molecule is CC(N)C(C)C(=O)NC1CC(C)N(Cc2ccccc2)C1.Cl.Cl. The van der Waals surface area contributed by atoms with Gasteiger partial charge >= 0.3 is 0 Å². The number of nitrogens with one attached hydrogen (secondary N) is 1. The first-order valence-electron chi connectivity index (χ1n) is 7.81. The van der Waals surface area contributed by atoms with Gasteiger partial charge in [-0.15, -0.1) is 24.8 Å². The Balaban J connectivity index is 0.00000242. The molecule has 1 aliphatic rings. The molecule has 1 heterocycles. The van der Waals surface area contributed by atoms with Crippen LogP contribution in [0.25, 0.3) is 0 Å². The van der Waals surface area contributed by atoms with Crippen LogP contribution >= 0.6 is 24.8 Å². The van der Waals surface area contributed by atoms with E-state index in [1.165, 1.54) is 5.56 Å². The van der Waals surface area contributed by atoms with Gasteiger partial charge in [0.15, 0.2) is 0 Å². The minimum absolute atomic E-state index is 0. The predicted octanol–water partition coefficient (Wildman–Crippen LogP) is 2.59. The molecule has 0 spiro atoms. The number of rotatable bonds is 5. The number of benzene rings is 1. The number of hydrogen-bond acceptors (Lipinski definition) is 3. The van der Waals surface area contributed by atoms with Crippen molar-refractivity contribution in [3.8, 4) is 0 Å². The molecular weight excluding hydrogens is 333 g/mol. The molecule has 0 aliphatic carbocycles. The summed E-state index contributed by atoms with van der Waals surface area (Å²) in [5, 5.41) is 3.15. The summed E-state index contributed by atoms with van der Waals surface area (Å²) in [5.41, 5.74) is 7.12. The van der Waals surface area contributed by atoms with Gasteiger partial charge in [-0.25, -0.2) is 0 Å². The molecule has 0 saturated carbocycles. The van der Waals surface area contributed by atoms with Gasteiger partial charge in [-0.2, -0.15) is 0 Å². The molecule has 4 atom stereocenters. The van der Waals surface area contributed by atoms with Crippen molar-refractivity contribution >= 4 is 30.7 Å². The summed E-state index contributed by atoms with van der Waals surface area (Å²) in [4.78, 5) is 14.5. The molecule has 6 heteroatoms. The van der Waals surface area contributed by atoms with Crippen LogP contribution in [-0.2, 0) is 11.3 Å². The summed E-state index contributed by atoms with van der Waals surface area (Å²) in [5.74, 6) is -0.0627. The van der Waals surface area contributed by atoms with Crippen LogP contribution in [0.5, 0.6) is 0 Å². The van der Waals surface area contributed by atoms with Gasteiger partial charge < -0.3 is 11.1 Å². The average Bonchev–Trinajstić information content (AvgIpc) is 2.78. The average molecular weight is 362 g/mol. The van der Waals surface area contributed by atoms with E-state index in [2.05, 4.69) is 41.4 Å². The van der Waals surface area contributed by atoms with Gasteiger partial charge in [0.05, 0.1) is 0 Å². The second-order valence-corrected chi connectivity index (χ2v) is 6.35. The van der Waals surface area contributed by atoms with E-state index >= 15 is 0 Å². The second-order valence-electron chi connectivity index (χ2n) is 6.35. The number of carbonyl (C=O) groups is 1. The van der Waals surface area contributed by atoms with Crippen molar-refractivity contribution in [2.75, 3.05) is 6.54 Å². The Morgan fingerprint density at radius 1 is 1.30 bits per heavy atom. The van der Waals surface area contributed by atoms with Crippen LogP contribution < -0.4 is 11.1 Å². The highest BCUT2D eigenvalue weighted by atomic mass is 35.5. The predicted molar refractivity (Wildman–Crippen MR) is 100 cm³/mol. The maximum atomic E-state index is 12.1. The summed E-state index contributed by atoms with van der Waals surface area (Å²) in [6.07, 6.45) is 1.00. The molecule has 0 aromatic heterocycles. The monoisotopic (exact) mass is 361 g/mol. The third-order valence-electron chi connectivity index (χ3n) is 4.48. The molecule has 1 aromatic rings. The first-order valence-corrected chi connectivity index (χ1v) is 7.81. The maximum Gasteiger partial charge on any atom is 0.224 e. The maximum absolute atomic E-state index is 12.1. The Kier molecular flexibility index (Phi) is 9.78. The fourth-order valence-electron chi connectivity index (χ4n) is 2.81. The van der Waals surface area contributed by atoms with Crippen molar-refractivity contribution in [1.29, 1.82) is 0 Å². The first kappa shape index (κ1) is 22.2. The lowest BCUT2D eigenvalue weighted by molar-refractivity contribution is -0.125. The van der Waals surface area contributed by atoms with Gasteiger partial charge in [0.2, 0.25) is 5.91 Å². The normalized spacial score (nSPS) is 23.3. The molecule has 1 aliphatic heterocycles. The van der Waals surface area contributed by atoms with Crippen LogP contribution in [0.15, 0.2) is 30.3 Å². The topological polar surface area (TPSA) is 58.4 Å². The van der Waals surface area contributed by atoms with Crippen LogP contribution in [-0.4, -0.2) is 35.5 Å². The summed E-state index contributed by atoms with van der Waals surface area (Å²) >= 11 is 0. The van der Waals surface area contributed by atoms with E-state index in [9.17, 15) is 4.79 Å². The van der Waals surface area contributed by atoms with E-state index in [1.54, 1.807) is 0 Å². The Morgan fingerprint density at radius 2 is 1.91 bits per heavy atom. The summed E-state index contributed by atoms with van der Waals surface area (Å²) in [6.45, 7) is 7.85. The first-order chi connectivity index (χ1) is 9.97. The number of nitrogens with zero attached hydrogens (tertiary/aromatic N) is 1. The highest BCUT2D eigenvalue weighted by Crippen LogP contribution is 2.20. The minimum atomic E-state index is -0.136. The van der Waals surface area contributed by atoms with Crippen molar-refractivity contribution in [1.82, 2.24) is 10.2 Å². The fraction of sp³-hybridized carbons (Fsp3) is 0.588. The summed E-state index contributed by atoms with van der Waals surface area (Å²) < 4.78 is 0. The fourth-order valence-corrected chi connectivity index (χ4v) is 2.81. The van der Waals surface area contributed by atoms with E-state index in [0.717, 1.165) is 19.5 Å². The van der Waals surface area contributed by atoms with Crippen LogP contribution in [0.4, 0.5) is 0 Å². The molecule has 23 heavy (non-hydrogen) atoms. The van der Waals surface area contributed by atoms with Crippen molar-refractivity contribution in [2.24, 2.45) is 11.7 Å². The zero-order valence-electron chi connectivity index (χ0n) is 14.1. The third-order valence-corrected chi connectivity index (χ3v) is 4.48. The Bertz CT molecular complexity index is 470.